The molecule has 0 saturated carbocycles. The SMILES string of the molecule is COC(=O)c1cccc2c1CCCN2C(=O)c1ccc(=O)n(Cc2ccccc2)n1. The maximum Gasteiger partial charge on any atom is 0.338 e. The molecule has 0 radical (unpaired) electrons. The van der Waals surface area contributed by atoms with E-state index in [4.69, 9.17) is 4.74 Å². The predicted octanol–water partition coefficient (Wildman–Crippen LogP) is 2.67. The van der Waals surface area contributed by atoms with Crippen molar-refractivity contribution in [3.05, 3.63) is 93.4 Å². The third-order valence-corrected chi connectivity index (χ3v) is 5.16. The number of carbonyl (C=O) groups is 2. The van der Waals surface area contributed by atoms with Gasteiger partial charge >= 0.3 is 5.97 Å². The third-order valence-electron chi connectivity index (χ3n) is 5.16. The number of ether oxygens (including phenoxy) is 1. The van der Waals surface area contributed by atoms with Crippen molar-refractivity contribution < 1.29 is 14.3 Å². The molecule has 0 fully saturated rings. The summed E-state index contributed by atoms with van der Waals surface area (Å²) in [7, 11) is 1.34. The predicted molar refractivity (Wildman–Crippen MR) is 112 cm³/mol. The molecule has 0 bridgehead atoms. The molecule has 0 atom stereocenters. The lowest BCUT2D eigenvalue weighted by Crippen LogP contribution is -2.38. The number of aromatic nitrogens is 2. The lowest BCUT2D eigenvalue weighted by atomic mass is 9.96. The van der Waals surface area contributed by atoms with Gasteiger partial charge in [-0.2, -0.15) is 5.10 Å². The van der Waals surface area contributed by atoms with E-state index in [9.17, 15) is 14.4 Å². The van der Waals surface area contributed by atoms with E-state index in [0.29, 0.717) is 24.2 Å². The summed E-state index contributed by atoms with van der Waals surface area (Å²) < 4.78 is 6.17. The summed E-state index contributed by atoms with van der Waals surface area (Å²) >= 11 is 0. The third kappa shape index (κ3) is 3.74. The number of methoxy groups -OCH3 is 1. The van der Waals surface area contributed by atoms with E-state index in [-0.39, 0.29) is 23.7 Å². The number of benzene rings is 2. The van der Waals surface area contributed by atoms with E-state index in [1.165, 1.54) is 23.9 Å². The van der Waals surface area contributed by atoms with Crippen LogP contribution >= 0.6 is 0 Å². The normalized spacial score (nSPS) is 12.9. The zero-order valence-corrected chi connectivity index (χ0v) is 16.6. The fourth-order valence-electron chi connectivity index (χ4n) is 3.71. The molecule has 0 unspecified atom stereocenters. The smallest absolute Gasteiger partial charge is 0.338 e. The molecule has 4 rings (SSSR count). The molecule has 30 heavy (non-hydrogen) atoms. The minimum atomic E-state index is -0.421. The van der Waals surface area contributed by atoms with Crippen LogP contribution in [0.1, 0.15) is 38.4 Å². The molecule has 7 nitrogen and oxygen atoms in total. The van der Waals surface area contributed by atoms with Gasteiger partial charge in [-0.25, -0.2) is 9.48 Å². The van der Waals surface area contributed by atoms with Crippen molar-refractivity contribution in [3.8, 4) is 0 Å². The molecule has 2 aromatic carbocycles. The van der Waals surface area contributed by atoms with Crippen LogP contribution in [0.25, 0.3) is 0 Å². The summed E-state index contributed by atoms with van der Waals surface area (Å²) in [5.74, 6) is -0.726. The van der Waals surface area contributed by atoms with Crippen molar-refractivity contribution in [2.45, 2.75) is 19.4 Å². The molecule has 3 aromatic rings. The van der Waals surface area contributed by atoms with E-state index < -0.39 is 5.97 Å². The second-order valence-electron chi connectivity index (χ2n) is 7.06. The van der Waals surface area contributed by atoms with Crippen LogP contribution in [0.15, 0.2) is 65.5 Å². The van der Waals surface area contributed by atoms with Crippen LogP contribution < -0.4 is 10.5 Å². The van der Waals surface area contributed by atoms with Crippen LogP contribution in [0, 0.1) is 0 Å². The van der Waals surface area contributed by atoms with Gasteiger partial charge in [0.05, 0.1) is 19.2 Å². The van der Waals surface area contributed by atoms with Crippen LogP contribution in [0.3, 0.4) is 0 Å². The minimum absolute atomic E-state index is 0.182. The summed E-state index contributed by atoms with van der Waals surface area (Å²) in [6.45, 7) is 0.791. The lowest BCUT2D eigenvalue weighted by Gasteiger charge is -2.30. The molecular weight excluding hydrogens is 382 g/mol. The zero-order chi connectivity index (χ0) is 21.1. The number of hydrogen-bond donors (Lipinski definition) is 0. The van der Waals surface area contributed by atoms with Gasteiger partial charge in [-0.1, -0.05) is 36.4 Å². The highest BCUT2D eigenvalue weighted by atomic mass is 16.5. The highest BCUT2D eigenvalue weighted by molar-refractivity contribution is 6.06. The Labute approximate surface area is 173 Å². The van der Waals surface area contributed by atoms with Gasteiger partial charge in [0.2, 0.25) is 0 Å². The molecule has 152 valence electrons. The number of nitrogens with zero attached hydrogens (tertiary/aromatic N) is 3. The zero-order valence-electron chi connectivity index (χ0n) is 16.6. The molecule has 1 aliphatic rings. The summed E-state index contributed by atoms with van der Waals surface area (Å²) in [5.41, 5.74) is 2.76. The number of hydrogen-bond acceptors (Lipinski definition) is 5. The number of carbonyl (C=O) groups excluding carboxylic acids is 2. The second kappa shape index (κ2) is 8.32. The maximum atomic E-state index is 13.3. The van der Waals surface area contributed by atoms with Crippen LogP contribution in [-0.4, -0.2) is 35.3 Å². The van der Waals surface area contributed by atoms with Crippen molar-refractivity contribution in [2.75, 3.05) is 18.6 Å². The van der Waals surface area contributed by atoms with Crippen molar-refractivity contribution in [3.63, 3.8) is 0 Å². The average Bonchev–Trinajstić information content (AvgIpc) is 2.79. The van der Waals surface area contributed by atoms with Crippen LogP contribution in [-0.2, 0) is 17.7 Å². The molecular formula is C23H21N3O4. The Morgan fingerprint density at radius 2 is 1.83 bits per heavy atom. The van der Waals surface area contributed by atoms with Gasteiger partial charge in [0.1, 0.15) is 5.69 Å². The van der Waals surface area contributed by atoms with Crippen LogP contribution in [0.5, 0.6) is 0 Å². The Morgan fingerprint density at radius 1 is 1.03 bits per heavy atom. The summed E-state index contributed by atoms with van der Waals surface area (Å²) in [6, 6.07) is 17.5. The van der Waals surface area contributed by atoms with Gasteiger partial charge in [0, 0.05) is 18.3 Å². The average molecular weight is 403 g/mol. The molecule has 7 heteroatoms. The van der Waals surface area contributed by atoms with Gasteiger partial charge in [-0.15, -0.1) is 0 Å². The number of fused-ring (bicyclic) bond motifs is 1. The Hall–Kier alpha value is -3.74. The first-order valence-corrected chi connectivity index (χ1v) is 9.72. The lowest BCUT2D eigenvalue weighted by molar-refractivity contribution is 0.0599. The van der Waals surface area contributed by atoms with Gasteiger partial charge in [-0.3, -0.25) is 9.59 Å². The minimum Gasteiger partial charge on any atom is -0.465 e. The second-order valence-corrected chi connectivity index (χ2v) is 7.06. The molecule has 0 aliphatic carbocycles. The summed E-state index contributed by atoms with van der Waals surface area (Å²) in [5, 5.41) is 4.31. The number of rotatable bonds is 4. The van der Waals surface area contributed by atoms with Gasteiger partial charge < -0.3 is 9.64 Å². The van der Waals surface area contributed by atoms with Gasteiger partial charge in [0.15, 0.2) is 0 Å². The van der Waals surface area contributed by atoms with E-state index in [2.05, 4.69) is 5.10 Å². The van der Waals surface area contributed by atoms with Crippen LogP contribution in [0.4, 0.5) is 5.69 Å². The monoisotopic (exact) mass is 403 g/mol. The van der Waals surface area contributed by atoms with Gasteiger partial charge in [0.25, 0.3) is 11.5 Å². The van der Waals surface area contributed by atoms with Gasteiger partial charge in [-0.05, 0) is 42.2 Å². The quantitative estimate of drug-likeness (QED) is 0.626. The fourth-order valence-corrected chi connectivity index (χ4v) is 3.71. The Morgan fingerprint density at radius 3 is 2.60 bits per heavy atom. The molecule has 1 aliphatic heterocycles. The molecule has 1 amide bonds. The van der Waals surface area contributed by atoms with Crippen molar-refractivity contribution in [1.29, 1.82) is 0 Å². The number of amides is 1. The topological polar surface area (TPSA) is 81.5 Å². The standard InChI is InChI=1S/C23H21N3O4/c1-30-23(29)18-9-5-11-20-17(18)10-6-14-25(20)22(28)19-12-13-21(27)26(24-19)15-16-7-3-2-4-8-16/h2-5,7-9,11-13H,6,10,14-15H2,1H3. The molecule has 0 spiro atoms. The summed E-state index contributed by atoms with van der Waals surface area (Å²) in [6.07, 6.45) is 1.40. The van der Waals surface area contributed by atoms with Crippen molar-refractivity contribution in [2.24, 2.45) is 0 Å². The highest BCUT2D eigenvalue weighted by Crippen LogP contribution is 2.31. The Balaban J connectivity index is 1.67. The largest absolute Gasteiger partial charge is 0.465 e. The summed E-state index contributed by atoms with van der Waals surface area (Å²) in [4.78, 5) is 39.2. The first kappa shape index (κ1) is 19.6. The highest BCUT2D eigenvalue weighted by Gasteiger charge is 2.28. The maximum absolute atomic E-state index is 13.3. The van der Waals surface area contributed by atoms with Crippen molar-refractivity contribution >= 4 is 17.6 Å². The van der Waals surface area contributed by atoms with E-state index >= 15 is 0 Å². The number of esters is 1. The Kier molecular flexibility index (Phi) is 5.43. The number of anilines is 1. The first-order chi connectivity index (χ1) is 14.6. The Bertz CT molecular complexity index is 1150. The van der Waals surface area contributed by atoms with E-state index in [1.54, 1.807) is 17.0 Å². The van der Waals surface area contributed by atoms with E-state index in [0.717, 1.165) is 17.5 Å². The van der Waals surface area contributed by atoms with Crippen molar-refractivity contribution in [1.82, 2.24) is 9.78 Å². The molecule has 0 N–H and O–H groups in total. The molecule has 1 aromatic heterocycles. The fraction of sp³-hybridized carbons (Fsp3) is 0.217. The van der Waals surface area contributed by atoms with Crippen LogP contribution in [0.2, 0.25) is 0 Å². The first-order valence-electron chi connectivity index (χ1n) is 9.72. The van der Waals surface area contributed by atoms with E-state index in [1.807, 2.05) is 36.4 Å². The molecule has 2 heterocycles. The molecule has 0 saturated heterocycles.